The molecule has 0 saturated carbocycles. The smallest absolute Gasteiger partial charge is 0.355 e. The summed E-state index contributed by atoms with van der Waals surface area (Å²) in [6.45, 7) is 7.46. The van der Waals surface area contributed by atoms with Crippen LogP contribution in [0.15, 0.2) is 108 Å². The van der Waals surface area contributed by atoms with Crippen LogP contribution in [-0.2, 0) is 36.4 Å². The average Bonchev–Trinajstić information content (AvgIpc) is 3.50. The maximum atomic E-state index is 14.8. The van der Waals surface area contributed by atoms with E-state index in [9.17, 15) is 19.7 Å². The molecule has 4 aromatic rings. The predicted molar refractivity (Wildman–Crippen MR) is 173 cm³/mol. The summed E-state index contributed by atoms with van der Waals surface area (Å²) in [5.74, 6) is -1.27. The van der Waals surface area contributed by atoms with Crippen molar-refractivity contribution in [1.29, 1.82) is 0 Å². The van der Waals surface area contributed by atoms with Crippen molar-refractivity contribution in [2.45, 2.75) is 57.3 Å². The van der Waals surface area contributed by atoms with Crippen LogP contribution < -0.4 is 0 Å². The number of ether oxygens (including phenoxy) is 2. The molecular weight excluding hydrogens is 580 g/mol. The van der Waals surface area contributed by atoms with Crippen molar-refractivity contribution in [1.82, 2.24) is 4.90 Å². The summed E-state index contributed by atoms with van der Waals surface area (Å²) in [4.78, 5) is 43.2. The van der Waals surface area contributed by atoms with Crippen LogP contribution in [0, 0.1) is 10.1 Å². The van der Waals surface area contributed by atoms with Gasteiger partial charge < -0.3 is 14.4 Å². The Bertz CT molecular complexity index is 1910. The molecular formula is C38H34N2O6. The highest BCUT2D eigenvalue weighted by Gasteiger charge is 2.73. The minimum absolute atomic E-state index is 0.0888. The number of nitro groups is 1. The Morgan fingerprint density at radius 1 is 0.761 bits per heavy atom. The molecule has 0 bridgehead atoms. The quantitative estimate of drug-likeness (QED) is 0.133. The second kappa shape index (κ2) is 10.7. The molecule has 232 valence electrons. The van der Waals surface area contributed by atoms with E-state index in [-0.39, 0.29) is 17.0 Å². The summed E-state index contributed by atoms with van der Waals surface area (Å²) in [5, 5.41) is 12.3. The fraction of sp³-hybridized carbons (Fsp3) is 0.263. The van der Waals surface area contributed by atoms with Gasteiger partial charge in [-0.25, -0.2) is 9.59 Å². The van der Waals surface area contributed by atoms with Gasteiger partial charge in [-0.15, -0.1) is 0 Å². The van der Waals surface area contributed by atoms with Gasteiger partial charge in [0.15, 0.2) is 0 Å². The molecule has 4 aromatic carbocycles. The molecule has 3 aliphatic rings. The third-order valence-electron chi connectivity index (χ3n) is 9.35. The Morgan fingerprint density at radius 2 is 1.33 bits per heavy atom. The molecule has 2 heterocycles. The average molecular weight is 615 g/mol. The molecule has 1 atom stereocenters. The first-order chi connectivity index (χ1) is 22.1. The summed E-state index contributed by atoms with van der Waals surface area (Å²) in [5.41, 5.74) is 3.46. The number of non-ortho nitro benzene ring substituents is 1. The third-order valence-corrected chi connectivity index (χ3v) is 9.35. The number of hydrogen-bond acceptors (Lipinski definition) is 7. The van der Waals surface area contributed by atoms with Crippen LogP contribution in [0.25, 0.3) is 11.1 Å². The van der Waals surface area contributed by atoms with Gasteiger partial charge in [-0.05, 0) is 73.1 Å². The number of carbonyl (C=O) groups is 2. The SMILES string of the molecule is CC(C)OC(=O)C1=C(C(=O)OC(C)C)C2(c3ccccc3-c3ccccc32)C2(c3cccc([N+](=O)[O-])c3)c3ccccc3CCN12. The molecule has 1 aliphatic carbocycles. The summed E-state index contributed by atoms with van der Waals surface area (Å²) in [6, 6.07) is 30.4. The summed E-state index contributed by atoms with van der Waals surface area (Å²) in [6.07, 6.45) is -0.367. The number of fused-ring (bicyclic) bond motifs is 9. The lowest BCUT2D eigenvalue weighted by atomic mass is 9.54. The van der Waals surface area contributed by atoms with E-state index in [2.05, 4.69) is 6.07 Å². The molecule has 1 unspecified atom stereocenters. The Balaban J connectivity index is 1.75. The molecule has 8 heteroatoms. The lowest BCUT2D eigenvalue weighted by molar-refractivity contribution is -0.385. The highest BCUT2D eigenvalue weighted by molar-refractivity contribution is 6.08. The van der Waals surface area contributed by atoms with Crippen molar-refractivity contribution in [3.8, 4) is 11.1 Å². The van der Waals surface area contributed by atoms with Crippen LogP contribution in [0.1, 0.15) is 55.5 Å². The Kier molecular flexibility index (Phi) is 6.85. The molecule has 0 N–H and O–H groups in total. The van der Waals surface area contributed by atoms with E-state index >= 15 is 0 Å². The zero-order valence-electron chi connectivity index (χ0n) is 26.2. The number of nitrogens with zero attached hydrogens (tertiary/aromatic N) is 2. The Labute approximate surface area is 267 Å². The molecule has 8 nitrogen and oxygen atoms in total. The van der Waals surface area contributed by atoms with E-state index in [4.69, 9.17) is 9.47 Å². The van der Waals surface area contributed by atoms with Gasteiger partial charge in [0.25, 0.3) is 5.69 Å². The lowest BCUT2D eigenvalue weighted by Crippen LogP contribution is -2.59. The van der Waals surface area contributed by atoms with Crippen molar-refractivity contribution in [2.75, 3.05) is 6.54 Å². The van der Waals surface area contributed by atoms with Gasteiger partial charge in [0.2, 0.25) is 0 Å². The van der Waals surface area contributed by atoms with Crippen molar-refractivity contribution in [2.24, 2.45) is 0 Å². The number of benzene rings is 4. The predicted octanol–water partition coefficient (Wildman–Crippen LogP) is 6.83. The van der Waals surface area contributed by atoms with Crippen molar-refractivity contribution >= 4 is 17.6 Å². The van der Waals surface area contributed by atoms with Crippen LogP contribution in [0.5, 0.6) is 0 Å². The van der Waals surface area contributed by atoms with Crippen LogP contribution in [0.3, 0.4) is 0 Å². The van der Waals surface area contributed by atoms with Crippen molar-refractivity contribution in [3.05, 3.63) is 146 Å². The summed E-state index contributed by atoms with van der Waals surface area (Å²) in [7, 11) is 0. The Morgan fingerprint density at radius 3 is 1.93 bits per heavy atom. The summed E-state index contributed by atoms with van der Waals surface area (Å²) < 4.78 is 12.0. The van der Waals surface area contributed by atoms with E-state index < -0.39 is 40.0 Å². The first-order valence-corrected chi connectivity index (χ1v) is 15.6. The Hall–Kier alpha value is -5.24. The lowest BCUT2D eigenvalue weighted by Gasteiger charge is -2.54. The first kappa shape index (κ1) is 29.5. The first-order valence-electron chi connectivity index (χ1n) is 15.6. The van der Waals surface area contributed by atoms with Gasteiger partial charge in [-0.1, -0.05) is 84.9 Å². The normalized spacial score (nSPS) is 18.7. The number of rotatable bonds is 6. The molecule has 0 saturated heterocycles. The molecule has 0 fully saturated rings. The highest BCUT2D eigenvalue weighted by atomic mass is 16.6. The maximum absolute atomic E-state index is 14.8. The zero-order chi connectivity index (χ0) is 32.4. The molecule has 1 spiro atoms. The number of carbonyl (C=O) groups excluding carboxylic acids is 2. The molecule has 46 heavy (non-hydrogen) atoms. The topological polar surface area (TPSA) is 99.0 Å². The number of hydrogen-bond donors (Lipinski definition) is 0. The minimum atomic E-state index is -1.36. The molecule has 2 aliphatic heterocycles. The van der Waals surface area contributed by atoms with E-state index in [1.807, 2.05) is 77.7 Å². The third kappa shape index (κ3) is 3.85. The van der Waals surface area contributed by atoms with E-state index in [0.717, 1.165) is 33.4 Å². The van der Waals surface area contributed by atoms with Crippen LogP contribution in [0.4, 0.5) is 5.69 Å². The fourth-order valence-corrected chi connectivity index (χ4v) is 8.09. The fourth-order valence-electron chi connectivity index (χ4n) is 8.09. The van der Waals surface area contributed by atoms with Crippen LogP contribution >= 0.6 is 0 Å². The zero-order valence-corrected chi connectivity index (χ0v) is 26.2. The second-order valence-electron chi connectivity index (χ2n) is 12.5. The maximum Gasteiger partial charge on any atom is 0.355 e. The highest BCUT2D eigenvalue weighted by Crippen LogP contribution is 2.70. The van der Waals surface area contributed by atoms with Crippen LogP contribution in [-0.4, -0.2) is 40.5 Å². The van der Waals surface area contributed by atoms with E-state index in [0.29, 0.717) is 18.5 Å². The van der Waals surface area contributed by atoms with Gasteiger partial charge in [0, 0.05) is 18.7 Å². The van der Waals surface area contributed by atoms with Gasteiger partial charge in [-0.3, -0.25) is 10.1 Å². The van der Waals surface area contributed by atoms with Gasteiger partial charge in [0.1, 0.15) is 11.2 Å². The largest absolute Gasteiger partial charge is 0.460 e. The van der Waals surface area contributed by atoms with E-state index in [1.165, 1.54) is 6.07 Å². The van der Waals surface area contributed by atoms with Gasteiger partial charge >= 0.3 is 11.9 Å². The second-order valence-corrected chi connectivity index (χ2v) is 12.5. The molecule has 0 aromatic heterocycles. The summed E-state index contributed by atoms with van der Waals surface area (Å²) >= 11 is 0. The molecule has 0 radical (unpaired) electrons. The van der Waals surface area contributed by atoms with E-state index in [1.54, 1.807) is 39.8 Å². The monoisotopic (exact) mass is 614 g/mol. The van der Waals surface area contributed by atoms with Crippen LogP contribution in [0.2, 0.25) is 0 Å². The standard InChI is InChI=1S/C38H34N2O6/c1-23(2)45-35(41)33-34(36(42)46-24(3)4)39-21-20-25-12-5-8-17-30(25)38(39,26-13-11-14-27(22-26)40(43)44)37(33)31-18-9-6-15-28(31)29-16-7-10-19-32(29)37/h5-19,22-24H,20-21H2,1-4H3. The van der Waals surface area contributed by atoms with Crippen molar-refractivity contribution in [3.63, 3.8) is 0 Å². The van der Waals surface area contributed by atoms with Crippen molar-refractivity contribution < 1.29 is 24.0 Å². The number of esters is 2. The molecule has 0 amide bonds. The minimum Gasteiger partial charge on any atom is -0.460 e. The molecule has 7 rings (SSSR count). The number of nitro benzene ring substituents is 1. The van der Waals surface area contributed by atoms with Gasteiger partial charge in [-0.2, -0.15) is 0 Å². The van der Waals surface area contributed by atoms with Gasteiger partial charge in [0.05, 0.1) is 28.1 Å².